The van der Waals surface area contributed by atoms with E-state index in [9.17, 15) is 14.4 Å². The first-order valence-electron chi connectivity index (χ1n) is 9.68. The normalized spacial score (nSPS) is 10.8. The molecule has 1 heterocycles. The summed E-state index contributed by atoms with van der Waals surface area (Å²) in [6.07, 6.45) is 3.01. The Labute approximate surface area is 198 Å². The first kappa shape index (κ1) is 24.0. The van der Waals surface area contributed by atoms with Crippen LogP contribution in [0.25, 0.3) is 6.08 Å². The van der Waals surface area contributed by atoms with Gasteiger partial charge in [-0.3, -0.25) is 9.59 Å². The maximum Gasteiger partial charge on any atom is 0.335 e. The Hall–Kier alpha value is -3.63. The Kier molecular flexibility index (Phi) is 8.22. The minimum atomic E-state index is -1.07. The van der Waals surface area contributed by atoms with Crippen LogP contribution >= 0.6 is 23.4 Å². The fraction of sp³-hybridized carbons (Fsp3) is 0.136. The van der Waals surface area contributed by atoms with Crippen LogP contribution in [0.15, 0.2) is 59.8 Å². The highest BCUT2D eigenvalue weighted by Crippen LogP contribution is 2.18. The van der Waals surface area contributed by atoms with E-state index >= 15 is 0 Å². The molecule has 3 rings (SSSR count). The number of aromatic nitrogens is 3. The van der Waals surface area contributed by atoms with Crippen LogP contribution in [-0.2, 0) is 23.2 Å². The number of nitrogens with zero attached hydrogens (tertiary/aromatic N) is 3. The van der Waals surface area contributed by atoms with Crippen molar-refractivity contribution in [1.82, 2.24) is 20.1 Å². The zero-order chi connectivity index (χ0) is 23.8. The first-order chi connectivity index (χ1) is 15.8. The smallest absolute Gasteiger partial charge is 0.335 e. The van der Waals surface area contributed by atoms with Gasteiger partial charge >= 0.3 is 5.97 Å². The maximum absolute atomic E-state index is 12.2. The lowest BCUT2D eigenvalue weighted by molar-refractivity contribution is -0.116. The van der Waals surface area contributed by atoms with Crippen LogP contribution in [0.5, 0.6) is 0 Å². The number of hydrogen-bond donors (Lipinski definition) is 3. The molecule has 0 saturated carbocycles. The van der Waals surface area contributed by atoms with Crippen molar-refractivity contribution in [2.45, 2.75) is 11.7 Å². The molecule has 9 nitrogen and oxygen atoms in total. The van der Waals surface area contributed by atoms with Crippen LogP contribution < -0.4 is 10.6 Å². The number of amides is 2. The zero-order valence-corrected chi connectivity index (χ0v) is 19.1. The predicted molar refractivity (Wildman–Crippen MR) is 126 cm³/mol. The van der Waals surface area contributed by atoms with Gasteiger partial charge in [0, 0.05) is 23.8 Å². The van der Waals surface area contributed by atoms with Crippen molar-refractivity contribution in [1.29, 1.82) is 0 Å². The van der Waals surface area contributed by atoms with Crippen LogP contribution in [0.1, 0.15) is 21.7 Å². The number of nitrogens with one attached hydrogen (secondary N) is 2. The molecule has 11 heteroatoms. The van der Waals surface area contributed by atoms with E-state index in [2.05, 4.69) is 20.8 Å². The van der Waals surface area contributed by atoms with Crippen LogP contribution in [0.4, 0.5) is 5.69 Å². The number of thioether (sulfide) groups is 1. The van der Waals surface area contributed by atoms with Gasteiger partial charge in [0.1, 0.15) is 0 Å². The fourth-order valence-corrected chi connectivity index (χ4v) is 3.61. The van der Waals surface area contributed by atoms with Crippen LogP contribution in [-0.4, -0.2) is 43.4 Å². The number of anilines is 1. The van der Waals surface area contributed by atoms with E-state index in [1.807, 2.05) is 12.1 Å². The summed E-state index contributed by atoms with van der Waals surface area (Å²) in [5.74, 6) is -1.12. The van der Waals surface area contributed by atoms with Crippen molar-refractivity contribution in [2.75, 3.05) is 11.1 Å². The number of carboxylic acids is 1. The number of aromatic carboxylic acids is 1. The summed E-state index contributed by atoms with van der Waals surface area (Å²) < 4.78 is 1.68. The molecule has 0 saturated heterocycles. The Bertz CT molecular complexity index is 1210. The number of carboxylic acid groups (broad SMARTS) is 1. The molecule has 2 aromatic carbocycles. The van der Waals surface area contributed by atoms with E-state index in [-0.39, 0.29) is 29.7 Å². The lowest BCUT2D eigenvalue weighted by Gasteiger charge is -2.06. The van der Waals surface area contributed by atoms with Gasteiger partial charge in [0.15, 0.2) is 11.0 Å². The molecule has 0 aliphatic rings. The van der Waals surface area contributed by atoms with Gasteiger partial charge in [0.05, 0.1) is 17.9 Å². The summed E-state index contributed by atoms with van der Waals surface area (Å²) in [6.45, 7) is 0.157. The maximum atomic E-state index is 12.2. The SMILES string of the molecule is Cn1c(CNC(=O)C=Cc2ccccc2Cl)nnc1SCC(=O)Nc1cccc(C(=O)O)c1. The van der Waals surface area contributed by atoms with Crippen molar-refractivity contribution in [3.8, 4) is 0 Å². The fourth-order valence-electron chi connectivity index (χ4n) is 2.68. The Morgan fingerprint density at radius 2 is 1.94 bits per heavy atom. The van der Waals surface area contributed by atoms with Crippen molar-refractivity contribution < 1.29 is 19.5 Å². The summed E-state index contributed by atoms with van der Waals surface area (Å²) in [4.78, 5) is 35.3. The van der Waals surface area contributed by atoms with Gasteiger partial charge in [-0.1, -0.05) is 47.6 Å². The van der Waals surface area contributed by atoms with Crippen molar-refractivity contribution in [2.24, 2.45) is 7.05 Å². The van der Waals surface area contributed by atoms with E-state index in [4.69, 9.17) is 16.7 Å². The third kappa shape index (κ3) is 6.93. The Morgan fingerprint density at radius 1 is 1.15 bits per heavy atom. The van der Waals surface area contributed by atoms with Crippen molar-refractivity contribution in [3.05, 3.63) is 76.6 Å². The van der Waals surface area contributed by atoms with E-state index in [0.29, 0.717) is 21.7 Å². The molecule has 2 amide bonds. The topological polar surface area (TPSA) is 126 Å². The minimum Gasteiger partial charge on any atom is -0.478 e. The lowest BCUT2D eigenvalue weighted by Crippen LogP contribution is -2.22. The second-order valence-corrected chi connectivity index (χ2v) is 8.10. The van der Waals surface area contributed by atoms with Crippen LogP contribution in [0.3, 0.4) is 0 Å². The molecule has 0 spiro atoms. The van der Waals surface area contributed by atoms with E-state index < -0.39 is 5.97 Å². The van der Waals surface area contributed by atoms with Gasteiger partial charge in [-0.15, -0.1) is 10.2 Å². The highest BCUT2D eigenvalue weighted by molar-refractivity contribution is 7.99. The van der Waals surface area contributed by atoms with Gasteiger partial charge in [0.25, 0.3) is 0 Å². The van der Waals surface area contributed by atoms with E-state index in [1.54, 1.807) is 42.0 Å². The zero-order valence-electron chi connectivity index (χ0n) is 17.5. The molecule has 0 atom stereocenters. The molecule has 0 unspecified atom stereocenters. The van der Waals surface area contributed by atoms with Gasteiger partial charge in [0.2, 0.25) is 11.8 Å². The summed E-state index contributed by atoms with van der Waals surface area (Å²) >= 11 is 7.23. The number of halogens is 1. The average molecular weight is 486 g/mol. The second-order valence-electron chi connectivity index (χ2n) is 6.75. The Balaban J connectivity index is 1.49. The third-order valence-corrected chi connectivity index (χ3v) is 5.76. The van der Waals surface area contributed by atoms with E-state index in [1.165, 1.54) is 30.0 Å². The number of hydrogen-bond acceptors (Lipinski definition) is 6. The second kappa shape index (κ2) is 11.3. The van der Waals surface area contributed by atoms with Crippen molar-refractivity contribution in [3.63, 3.8) is 0 Å². The molecule has 170 valence electrons. The lowest BCUT2D eigenvalue weighted by atomic mass is 10.2. The van der Waals surface area contributed by atoms with Crippen LogP contribution in [0.2, 0.25) is 5.02 Å². The summed E-state index contributed by atoms with van der Waals surface area (Å²) in [7, 11) is 1.73. The molecule has 0 fully saturated rings. The highest BCUT2D eigenvalue weighted by Gasteiger charge is 2.13. The third-order valence-electron chi connectivity index (χ3n) is 4.39. The molecule has 3 aromatic rings. The molecule has 0 aliphatic carbocycles. The predicted octanol–water partition coefficient (Wildman–Crippen LogP) is 3.23. The monoisotopic (exact) mass is 485 g/mol. The molecule has 0 bridgehead atoms. The van der Waals surface area contributed by atoms with Gasteiger partial charge < -0.3 is 20.3 Å². The standard InChI is InChI=1S/C22H20ClN5O4S/c1-28-18(12-24-19(29)10-9-14-5-2-3-8-17(14)23)26-27-22(28)33-13-20(30)25-16-7-4-6-15(11-16)21(31)32/h2-11H,12-13H2,1H3,(H,24,29)(H,25,30)(H,31,32). The van der Waals surface area contributed by atoms with Crippen LogP contribution in [0, 0.1) is 0 Å². The largest absolute Gasteiger partial charge is 0.478 e. The van der Waals surface area contributed by atoms with Crippen molar-refractivity contribution >= 4 is 52.9 Å². The molecule has 0 radical (unpaired) electrons. The molecule has 33 heavy (non-hydrogen) atoms. The average Bonchev–Trinajstić information content (AvgIpc) is 3.15. The molecule has 1 aromatic heterocycles. The van der Waals surface area contributed by atoms with Gasteiger partial charge in [-0.05, 0) is 35.9 Å². The molecular formula is C22H20ClN5O4S. The minimum absolute atomic E-state index is 0.0518. The number of carbonyl (C=O) groups is 3. The number of rotatable bonds is 9. The Morgan fingerprint density at radius 3 is 2.70 bits per heavy atom. The van der Waals surface area contributed by atoms with Gasteiger partial charge in [-0.25, -0.2) is 4.79 Å². The number of benzene rings is 2. The van der Waals surface area contributed by atoms with E-state index in [0.717, 1.165) is 5.56 Å². The summed E-state index contributed by atoms with van der Waals surface area (Å²) in [5, 5.41) is 23.6. The molecular weight excluding hydrogens is 466 g/mol. The summed E-state index contributed by atoms with van der Waals surface area (Å²) in [5.41, 5.74) is 1.22. The van der Waals surface area contributed by atoms with Gasteiger partial charge in [-0.2, -0.15) is 0 Å². The quantitative estimate of drug-likeness (QED) is 0.313. The summed E-state index contributed by atoms with van der Waals surface area (Å²) in [6, 6.07) is 13.2. The highest BCUT2D eigenvalue weighted by atomic mass is 35.5. The molecule has 0 aliphatic heterocycles. The molecule has 3 N–H and O–H groups in total. The number of carbonyl (C=O) groups excluding carboxylic acids is 2. The first-order valence-corrected chi connectivity index (χ1v) is 11.0.